The van der Waals surface area contributed by atoms with Gasteiger partial charge < -0.3 is 14.5 Å². The standard InChI is InChI=1S/C24H30N2O3S/c1-16(2)26(24(28)18-8-9-18)14-23(27)25-12-10-22-19(11-13-30-22)20(25)15-29-21-7-5-4-6-17(21)3/h4-7,11,13,16,18,20H,8-10,12,14-15H2,1-3H3/t20-/m1/s1. The fraction of sp³-hybridized carbons (Fsp3) is 0.500. The zero-order chi connectivity index (χ0) is 21.3. The Morgan fingerprint density at radius 1 is 1.23 bits per heavy atom. The van der Waals surface area contributed by atoms with Crippen molar-refractivity contribution >= 4 is 23.2 Å². The largest absolute Gasteiger partial charge is 0.491 e. The highest BCUT2D eigenvalue weighted by atomic mass is 32.1. The molecule has 2 aliphatic rings. The molecule has 4 rings (SSSR count). The first-order chi connectivity index (χ1) is 14.5. The van der Waals surface area contributed by atoms with E-state index in [1.165, 1.54) is 10.4 Å². The first-order valence-electron chi connectivity index (χ1n) is 10.8. The molecule has 0 radical (unpaired) electrons. The molecule has 1 aliphatic heterocycles. The van der Waals surface area contributed by atoms with Gasteiger partial charge in [-0.05, 0) is 68.7 Å². The van der Waals surface area contributed by atoms with Crippen molar-refractivity contribution in [2.24, 2.45) is 5.92 Å². The molecule has 2 heterocycles. The zero-order valence-electron chi connectivity index (χ0n) is 18.0. The van der Waals surface area contributed by atoms with Crippen molar-refractivity contribution in [3.63, 3.8) is 0 Å². The number of fused-ring (bicyclic) bond motifs is 1. The summed E-state index contributed by atoms with van der Waals surface area (Å²) in [5, 5.41) is 2.09. The molecule has 1 aromatic carbocycles. The number of carbonyl (C=O) groups excluding carboxylic acids is 2. The average molecular weight is 427 g/mol. The number of ether oxygens (including phenoxy) is 1. The number of carbonyl (C=O) groups is 2. The average Bonchev–Trinajstić information content (AvgIpc) is 3.47. The van der Waals surface area contributed by atoms with Crippen molar-refractivity contribution in [3.8, 4) is 5.75 Å². The lowest BCUT2D eigenvalue weighted by molar-refractivity contribution is -0.144. The van der Waals surface area contributed by atoms with Gasteiger partial charge >= 0.3 is 0 Å². The van der Waals surface area contributed by atoms with Gasteiger partial charge in [-0.2, -0.15) is 0 Å². The molecule has 1 saturated carbocycles. The van der Waals surface area contributed by atoms with Crippen LogP contribution in [0.25, 0.3) is 0 Å². The van der Waals surface area contributed by atoms with Crippen LogP contribution in [-0.4, -0.2) is 47.4 Å². The summed E-state index contributed by atoms with van der Waals surface area (Å²) in [4.78, 5) is 31.0. The van der Waals surface area contributed by atoms with Crippen LogP contribution in [0.1, 0.15) is 48.7 Å². The Bertz CT molecular complexity index is 919. The maximum atomic E-state index is 13.4. The molecule has 1 aliphatic carbocycles. The minimum absolute atomic E-state index is 0.00735. The van der Waals surface area contributed by atoms with Crippen LogP contribution >= 0.6 is 11.3 Å². The number of para-hydroxylation sites is 1. The van der Waals surface area contributed by atoms with E-state index in [9.17, 15) is 9.59 Å². The summed E-state index contributed by atoms with van der Waals surface area (Å²) >= 11 is 1.75. The molecule has 1 fully saturated rings. The molecular weight excluding hydrogens is 396 g/mol. The summed E-state index contributed by atoms with van der Waals surface area (Å²) in [6.07, 6.45) is 2.76. The van der Waals surface area contributed by atoms with Crippen molar-refractivity contribution in [2.45, 2.75) is 52.1 Å². The number of rotatable bonds is 7. The quantitative estimate of drug-likeness (QED) is 0.666. The summed E-state index contributed by atoms with van der Waals surface area (Å²) in [5.74, 6) is 1.09. The van der Waals surface area contributed by atoms with Crippen LogP contribution in [0.2, 0.25) is 0 Å². The number of nitrogens with zero attached hydrogens (tertiary/aromatic N) is 2. The number of thiophene rings is 1. The maximum absolute atomic E-state index is 13.4. The maximum Gasteiger partial charge on any atom is 0.242 e. The lowest BCUT2D eigenvalue weighted by Gasteiger charge is -2.38. The van der Waals surface area contributed by atoms with Gasteiger partial charge in [-0.15, -0.1) is 11.3 Å². The first kappa shape index (κ1) is 20.9. The van der Waals surface area contributed by atoms with E-state index in [0.717, 1.165) is 30.6 Å². The molecule has 5 nitrogen and oxygen atoms in total. The second-order valence-corrected chi connectivity index (χ2v) is 9.56. The van der Waals surface area contributed by atoms with E-state index in [1.54, 1.807) is 16.2 Å². The lowest BCUT2D eigenvalue weighted by atomic mass is 10.00. The molecule has 0 N–H and O–H groups in total. The lowest BCUT2D eigenvalue weighted by Crippen LogP contribution is -2.49. The van der Waals surface area contributed by atoms with Crippen LogP contribution in [0.15, 0.2) is 35.7 Å². The molecule has 0 saturated heterocycles. The van der Waals surface area contributed by atoms with E-state index in [2.05, 4.69) is 11.4 Å². The van der Waals surface area contributed by atoms with Gasteiger partial charge in [0.1, 0.15) is 18.9 Å². The van der Waals surface area contributed by atoms with Gasteiger partial charge in [0.05, 0.1) is 6.04 Å². The Kier molecular flexibility index (Phi) is 6.14. The van der Waals surface area contributed by atoms with E-state index in [-0.39, 0.29) is 36.4 Å². The van der Waals surface area contributed by atoms with Crippen LogP contribution in [0.3, 0.4) is 0 Å². The second kappa shape index (κ2) is 8.80. The predicted molar refractivity (Wildman–Crippen MR) is 119 cm³/mol. The number of hydrogen-bond donors (Lipinski definition) is 0. The van der Waals surface area contributed by atoms with Gasteiger partial charge in [0.15, 0.2) is 0 Å². The summed E-state index contributed by atoms with van der Waals surface area (Å²) in [6, 6.07) is 9.95. The van der Waals surface area contributed by atoms with Crippen LogP contribution in [-0.2, 0) is 16.0 Å². The van der Waals surface area contributed by atoms with Gasteiger partial charge in [-0.1, -0.05) is 18.2 Å². The van der Waals surface area contributed by atoms with E-state index in [1.807, 2.05) is 49.9 Å². The van der Waals surface area contributed by atoms with Crippen molar-refractivity contribution in [2.75, 3.05) is 19.7 Å². The minimum atomic E-state index is -0.128. The highest BCUT2D eigenvalue weighted by Gasteiger charge is 2.38. The normalized spacial score (nSPS) is 18.3. The molecule has 160 valence electrons. The number of hydrogen-bond acceptors (Lipinski definition) is 4. The SMILES string of the molecule is Cc1ccccc1OC[C@@H]1c2ccsc2CCN1C(=O)CN(C(=O)C1CC1)C(C)C. The van der Waals surface area contributed by atoms with E-state index < -0.39 is 0 Å². The van der Waals surface area contributed by atoms with Crippen LogP contribution in [0.5, 0.6) is 5.75 Å². The van der Waals surface area contributed by atoms with Crippen molar-refractivity contribution in [3.05, 3.63) is 51.7 Å². The van der Waals surface area contributed by atoms with Crippen LogP contribution in [0, 0.1) is 12.8 Å². The number of amides is 2. The Morgan fingerprint density at radius 3 is 2.70 bits per heavy atom. The fourth-order valence-corrected chi connectivity index (χ4v) is 5.01. The Labute approximate surface area is 182 Å². The number of aryl methyl sites for hydroxylation is 1. The third kappa shape index (κ3) is 4.38. The van der Waals surface area contributed by atoms with Crippen molar-refractivity contribution in [1.82, 2.24) is 9.80 Å². The van der Waals surface area contributed by atoms with E-state index in [0.29, 0.717) is 13.2 Å². The highest BCUT2D eigenvalue weighted by Crippen LogP contribution is 2.35. The fourth-order valence-electron chi connectivity index (χ4n) is 4.08. The third-order valence-corrected chi connectivity index (χ3v) is 7.04. The first-order valence-corrected chi connectivity index (χ1v) is 11.7. The monoisotopic (exact) mass is 426 g/mol. The topological polar surface area (TPSA) is 49.9 Å². The molecule has 0 spiro atoms. The van der Waals surface area contributed by atoms with Crippen LogP contribution in [0.4, 0.5) is 0 Å². The molecule has 6 heteroatoms. The molecule has 0 unspecified atom stereocenters. The second-order valence-electron chi connectivity index (χ2n) is 8.56. The van der Waals surface area contributed by atoms with Crippen molar-refractivity contribution in [1.29, 1.82) is 0 Å². The van der Waals surface area contributed by atoms with E-state index in [4.69, 9.17) is 4.74 Å². The molecule has 2 aromatic rings. The summed E-state index contributed by atoms with van der Waals surface area (Å²) < 4.78 is 6.16. The number of benzene rings is 1. The molecule has 2 amide bonds. The van der Waals surface area contributed by atoms with Gasteiger partial charge in [-0.25, -0.2) is 0 Å². The molecule has 30 heavy (non-hydrogen) atoms. The molecule has 1 aromatic heterocycles. The Morgan fingerprint density at radius 2 is 2.00 bits per heavy atom. The summed E-state index contributed by atoms with van der Waals surface area (Å²) in [5.41, 5.74) is 2.26. The van der Waals surface area contributed by atoms with Gasteiger partial charge in [0, 0.05) is 23.4 Å². The highest BCUT2D eigenvalue weighted by molar-refractivity contribution is 7.10. The van der Waals surface area contributed by atoms with Gasteiger partial charge in [0.2, 0.25) is 11.8 Å². The molecular formula is C24H30N2O3S. The summed E-state index contributed by atoms with van der Waals surface area (Å²) in [6.45, 7) is 7.22. The Hall–Kier alpha value is -2.34. The van der Waals surface area contributed by atoms with Gasteiger partial charge in [-0.3, -0.25) is 9.59 Å². The zero-order valence-corrected chi connectivity index (χ0v) is 18.8. The smallest absolute Gasteiger partial charge is 0.242 e. The van der Waals surface area contributed by atoms with Crippen LogP contribution < -0.4 is 4.74 Å². The summed E-state index contributed by atoms with van der Waals surface area (Å²) in [7, 11) is 0. The minimum Gasteiger partial charge on any atom is -0.491 e. The molecule has 0 bridgehead atoms. The Balaban J connectivity index is 1.52. The third-order valence-electron chi connectivity index (χ3n) is 6.04. The molecule has 1 atom stereocenters. The predicted octanol–water partition coefficient (Wildman–Crippen LogP) is 4.21. The van der Waals surface area contributed by atoms with Gasteiger partial charge in [0.25, 0.3) is 0 Å². The van der Waals surface area contributed by atoms with E-state index >= 15 is 0 Å². The van der Waals surface area contributed by atoms with Crippen molar-refractivity contribution < 1.29 is 14.3 Å².